The summed E-state index contributed by atoms with van der Waals surface area (Å²) in [5.41, 5.74) is 0.640. The molecule has 1 amide bonds. The largest absolute Gasteiger partial charge is 0.486 e. The van der Waals surface area contributed by atoms with Crippen LogP contribution in [0.2, 0.25) is 0 Å². The lowest BCUT2D eigenvalue weighted by molar-refractivity contribution is -0.133. The summed E-state index contributed by atoms with van der Waals surface area (Å²) in [6.45, 7) is -0.0797. The van der Waals surface area contributed by atoms with Gasteiger partial charge in [-0.15, -0.1) is 0 Å². The third kappa shape index (κ3) is 5.93. The van der Waals surface area contributed by atoms with Crippen molar-refractivity contribution in [2.45, 2.75) is 13.2 Å². The van der Waals surface area contributed by atoms with Crippen LogP contribution in [0.4, 0.5) is 4.39 Å². The van der Waals surface area contributed by atoms with Crippen molar-refractivity contribution in [2.24, 2.45) is 0 Å². The van der Waals surface area contributed by atoms with Gasteiger partial charge in [0, 0.05) is 13.6 Å². The van der Waals surface area contributed by atoms with Crippen molar-refractivity contribution in [2.75, 3.05) is 13.7 Å². The molecule has 0 N–H and O–H groups in total. The molecule has 0 aliphatic heterocycles. The molecule has 0 aliphatic carbocycles. The van der Waals surface area contributed by atoms with E-state index in [-0.39, 0.29) is 24.7 Å². The number of nitrogens with zero attached hydrogens (tertiary/aromatic N) is 1. The molecule has 1 heterocycles. The molecule has 0 saturated heterocycles. The van der Waals surface area contributed by atoms with E-state index in [0.717, 1.165) is 0 Å². The van der Waals surface area contributed by atoms with Crippen molar-refractivity contribution in [3.63, 3.8) is 0 Å². The quantitative estimate of drug-likeness (QED) is 0.541. The molecule has 0 atom stereocenters. The molecule has 3 aromatic rings. The molecule has 150 valence electrons. The molecule has 0 aliphatic rings. The lowest BCUT2D eigenvalue weighted by atomic mass is 10.2. The van der Waals surface area contributed by atoms with E-state index in [0.29, 0.717) is 17.1 Å². The molecule has 0 radical (unpaired) electrons. The fourth-order valence-electron chi connectivity index (χ4n) is 2.54. The van der Waals surface area contributed by atoms with Gasteiger partial charge in [0.25, 0.3) is 5.91 Å². The Kier molecular flexibility index (Phi) is 6.63. The first kappa shape index (κ1) is 20.1. The lowest BCUT2D eigenvalue weighted by Crippen LogP contribution is -2.30. The summed E-state index contributed by atoms with van der Waals surface area (Å²) in [5.74, 6) is -0.419. The standard InChI is InChI=1S/C22H20FNO5/c1-24(13-16-6-5-7-17(23)12-16)21(25)15-28-22(26)20-11-10-19(29-20)14-27-18-8-3-2-4-9-18/h2-12H,13-15H2,1H3. The molecule has 29 heavy (non-hydrogen) atoms. The maximum absolute atomic E-state index is 13.2. The van der Waals surface area contributed by atoms with Crippen LogP contribution < -0.4 is 4.74 Å². The second-order valence-corrected chi connectivity index (χ2v) is 6.32. The number of hydrogen-bond donors (Lipinski definition) is 0. The Balaban J connectivity index is 1.46. The number of halogens is 1. The number of benzene rings is 2. The number of para-hydroxylation sites is 1. The summed E-state index contributed by atoms with van der Waals surface area (Å²) in [6.07, 6.45) is 0. The average Bonchev–Trinajstić information content (AvgIpc) is 3.20. The second-order valence-electron chi connectivity index (χ2n) is 6.32. The molecule has 0 fully saturated rings. The first-order chi connectivity index (χ1) is 14.0. The zero-order valence-electron chi connectivity index (χ0n) is 15.8. The average molecular weight is 397 g/mol. The minimum absolute atomic E-state index is 0.0164. The van der Waals surface area contributed by atoms with Crippen LogP contribution in [0.3, 0.4) is 0 Å². The Hall–Kier alpha value is -3.61. The van der Waals surface area contributed by atoms with Crippen molar-refractivity contribution in [1.82, 2.24) is 4.90 Å². The van der Waals surface area contributed by atoms with Crippen molar-refractivity contribution in [3.8, 4) is 5.75 Å². The van der Waals surface area contributed by atoms with Crippen molar-refractivity contribution in [3.05, 3.63) is 89.6 Å². The molecule has 0 saturated carbocycles. The molecule has 1 aromatic heterocycles. The molecule has 0 bridgehead atoms. The Morgan fingerprint density at radius 1 is 1.03 bits per heavy atom. The minimum Gasteiger partial charge on any atom is -0.486 e. The fourth-order valence-corrected chi connectivity index (χ4v) is 2.54. The number of likely N-dealkylation sites (N-methyl/N-ethyl adjacent to an activating group) is 1. The van der Waals surface area contributed by atoms with E-state index < -0.39 is 18.5 Å². The van der Waals surface area contributed by atoms with Crippen LogP contribution in [0.15, 0.2) is 71.1 Å². The minimum atomic E-state index is -0.747. The van der Waals surface area contributed by atoms with Crippen LogP contribution in [0.5, 0.6) is 5.75 Å². The van der Waals surface area contributed by atoms with Crippen LogP contribution in [-0.4, -0.2) is 30.4 Å². The van der Waals surface area contributed by atoms with Crippen LogP contribution in [0, 0.1) is 5.82 Å². The topological polar surface area (TPSA) is 69.0 Å². The molecule has 6 nitrogen and oxygen atoms in total. The highest BCUT2D eigenvalue weighted by Crippen LogP contribution is 2.14. The highest BCUT2D eigenvalue weighted by molar-refractivity contribution is 5.88. The Bertz CT molecular complexity index is 970. The van der Waals surface area contributed by atoms with Gasteiger partial charge in [0.05, 0.1) is 0 Å². The molecule has 2 aromatic carbocycles. The van der Waals surface area contributed by atoms with Gasteiger partial charge in [-0.1, -0.05) is 30.3 Å². The Labute approximate surface area is 167 Å². The van der Waals surface area contributed by atoms with Gasteiger partial charge in [0.1, 0.15) is 23.9 Å². The number of rotatable bonds is 8. The zero-order chi connectivity index (χ0) is 20.6. The van der Waals surface area contributed by atoms with E-state index in [1.54, 1.807) is 25.2 Å². The van der Waals surface area contributed by atoms with Gasteiger partial charge in [-0.2, -0.15) is 0 Å². The third-order valence-electron chi connectivity index (χ3n) is 4.05. The monoisotopic (exact) mass is 397 g/mol. The van der Waals surface area contributed by atoms with Crippen LogP contribution in [0.25, 0.3) is 0 Å². The number of hydrogen-bond acceptors (Lipinski definition) is 5. The predicted octanol–water partition coefficient (Wildman–Crippen LogP) is 3.81. The second kappa shape index (κ2) is 9.54. The van der Waals surface area contributed by atoms with Crippen LogP contribution in [0.1, 0.15) is 21.9 Å². The van der Waals surface area contributed by atoms with E-state index in [1.165, 1.54) is 23.1 Å². The van der Waals surface area contributed by atoms with Gasteiger partial charge in [-0.25, -0.2) is 9.18 Å². The summed E-state index contributed by atoms with van der Waals surface area (Å²) in [4.78, 5) is 25.6. The lowest BCUT2D eigenvalue weighted by Gasteiger charge is -2.17. The summed E-state index contributed by atoms with van der Waals surface area (Å²) in [5, 5.41) is 0. The molecular weight excluding hydrogens is 377 g/mol. The van der Waals surface area contributed by atoms with Crippen molar-refractivity contribution >= 4 is 11.9 Å². The molecule has 0 spiro atoms. The fraction of sp³-hybridized carbons (Fsp3) is 0.182. The number of carbonyl (C=O) groups is 2. The van der Waals surface area contributed by atoms with Gasteiger partial charge >= 0.3 is 5.97 Å². The predicted molar refractivity (Wildman–Crippen MR) is 103 cm³/mol. The third-order valence-corrected chi connectivity index (χ3v) is 4.05. The van der Waals surface area contributed by atoms with Crippen LogP contribution in [-0.2, 0) is 22.7 Å². The van der Waals surface area contributed by atoms with E-state index >= 15 is 0 Å². The van der Waals surface area contributed by atoms with Crippen molar-refractivity contribution < 1.29 is 27.9 Å². The van der Waals surface area contributed by atoms with E-state index in [9.17, 15) is 14.0 Å². The number of furan rings is 1. The SMILES string of the molecule is CN(Cc1cccc(F)c1)C(=O)COC(=O)c1ccc(COc2ccccc2)o1. The Morgan fingerprint density at radius 3 is 2.59 bits per heavy atom. The molecule has 7 heteroatoms. The maximum atomic E-state index is 13.2. The maximum Gasteiger partial charge on any atom is 0.374 e. The van der Waals surface area contributed by atoms with Gasteiger partial charge in [-0.05, 0) is 42.0 Å². The summed E-state index contributed by atoms with van der Waals surface area (Å²) in [7, 11) is 1.55. The zero-order valence-corrected chi connectivity index (χ0v) is 15.8. The van der Waals surface area contributed by atoms with E-state index in [1.807, 2.05) is 30.3 Å². The number of amides is 1. The van der Waals surface area contributed by atoms with Gasteiger partial charge in [-0.3, -0.25) is 4.79 Å². The number of ether oxygens (including phenoxy) is 2. The summed E-state index contributed by atoms with van der Waals surface area (Å²) >= 11 is 0. The molecule has 3 rings (SSSR count). The summed E-state index contributed by atoms with van der Waals surface area (Å²) < 4.78 is 29.2. The van der Waals surface area contributed by atoms with E-state index in [2.05, 4.69) is 0 Å². The number of esters is 1. The van der Waals surface area contributed by atoms with E-state index in [4.69, 9.17) is 13.9 Å². The van der Waals surface area contributed by atoms with Gasteiger partial charge in [0.15, 0.2) is 6.61 Å². The molecular formula is C22H20FNO5. The van der Waals surface area contributed by atoms with Gasteiger partial charge in [0.2, 0.25) is 5.76 Å². The van der Waals surface area contributed by atoms with Crippen molar-refractivity contribution in [1.29, 1.82) is 0 Å². The first-order valence-corrected chi connectivity index (χ1v) is 8.93. The highest BCUT2D eigenvalue weighted by atomic mass is 19.1. The smallest absolute Gasteiger partial charge is 0.374 e. The molecule has 0 unspecified atom stereocenters. The summed E-state index contributed by atoms with van der Waals surface area (Å²) in [6, 6.07) is 18.2. The number of carbonyl (C=O) groups excluding carboxylic acids is 2. The first-order valence-electron chi connectivity index (χ1n) is 8.93. The Morgan fingerprint density at radius 2 is 1.83 bits per heavy atom. The van der Waals surface area contributed by atoms with Crippen LogP contribution >= 0.6 is 0 Å². The normalized spacial score (nSPS) is 10.4. The highest BCUT2D eigenvalue weighted by Gasteiger charge is 2.17. The van der Waals surface area contributed by atoms with Gasteiger partial charge < -0.3 is 18.8 Å².